The molecule has 134 valence electrons. The number of hydrogen-bond acceptors (Lipinski definition) is 3. The number of hydrogen-bond donors (Lipinski definition) is 2. The Bertz CT molecular complexity index is 758. The van der Waals surface area contributed by atoms with Gasteiger partial charge in [-0.05, 0) is 56.4 Å². The molecule has 0 saturated carbocycles. The second kappa shape index (κ2) is 7.00. The molecule has 0 atom stereocenters. The van der Waals surface area contributed by atoms with Crippen molar-refractivity contribution in [1.82, 2.24) is 15.1 Å². The number of aliphatic hydroxyl groups is 1. The van der Waals surface area contributed by atoms with Gasteiger partial charge in [0, 0.05) is 18.7 Å². The first kappa shape index (κ1) is 17.7. The molecule has 3 rings (SSSR count). The van der Waals surface area contributed by atoms with Crippen molar-refractivity contribution in [2.24, 2.45) is 0 Å². The molecule has 0 spiro atoms. The van der Waals surface area contributed by atoms with E-state index in [-0.39, 0.29) is 5.91 Å². The number of benzene rings is 1. The fourth-order valence-electron chi connectivity index (χ4n) is 3.49. The largest absolute Gasteiger partial charge is 0.390 e. The number of H-pyrrole nitrogens is 1. The standard InChI is InChI=1S/C20H27N3O2/c1-4-7-20(25)8-10-23(11-9-20)19(24)18-13-17(21-22-18)16-6-5-14(2)15(3)12-16/h5-6,12-13,25H,4,7-11H2,1-3H3,(H,21,22). The molecule has 1 aliphatic heterocycles. The fourth-order valence-corrected chi connectivity index (χ4v) is 3.49. The minimum atomic E-state index is -0.607. The smallest absolute Gasteiger partial charge is 0.271 e. The van der Waals surface area contributed by atoms with Crippen molar-refractivity contribution in [1.29, 1.82) is 0 Å². The van der Waals surface area contributed by atoms with Crippen LogP contribution in [0.3, 0.4) is 0 Å². The third-order valence-electron chi connectivity index (χ3n) is 5.31. The van der Waals surface area contributed by atoms with Gasteiger partial charge in [0.25, 0.3) is 5.91 Å². The van der Waals surface area contributed by atoms with Crippen molar-refractivity contribution < 1.29 is 9.90 Å². The van der Waals surface area contributed by atoms with Gasteiger partial charge in [-0.2, -0.15) is 5.10 Å². The number of carbonyl (C=O) groups is 1. The predicted molar refractivity (Wildman–Crippen MR) is 98.5 cm³/mol. The van der Waals surface area contributed by atoms with Crippen molar-refractivity contribution >= 4 is 5.91 Å². The van der Waals surface area contributed by atoms with Crippen molar-refractivity contribution in [3.8, 4) is 11.3 Å². The Morgan fingerprint density at radius 3 is 2.60 bits per heavy atom. The molecule has 2 N–H and O–H groups in total. The van der Waals surface area contributed by atoms with E-state index >= 15 is 0 Å². The Kier molecular flexibility index (Phi) is 4.95. The van der Waals surface area contributed by atoms with Crippen LogP contribution in [0.4, 0.5) is 0 Å². The van der Waals surface area contributed by atoms with Crippen molar-refractivity contribution in [2.45, 2.75) is 52.1 Å². The van der Waals surface area contributed by atoms with E-state index in [0.717, 1.165) is 24.1 Å². The van der Waals surface area contributed by atoms with Crippen LogP contribution in [0.25, 0.3) is 11.3 Å². The number of nitrogens with one attached hydrogen (secondary N) is 1. The number of likely N-dealkylation sites (tertiary alicyclic amines) is 1. The second-order valence-electron chi connectivity index (χ2n) is 7.23. The first-order chi connectivity index (χ1) is 11.9. The molecular formula is C20H27N3O2. The summed E-state index contributed by atoms with van der Waals surface area (Å²) < 4.78 is 0. The zero-order valence-corrected chi connectivity index (χ0v) is 15.3. The Labute approximate surface area is 149 Å². The van der Waals surface area contributed by atoms with Crippen LogP contribution in [0.1, 0.15) is 54.2 Å². The Morgan fingerprint density at radius 2 is 1.96 bits per heavy atom. The second-order valence-corrected chi connectivity index (χ2v) is 7.23. The summed E-state index contributed by atoms with van der Waals surface area (Å²) >= 11 is 0. The van der Waals surface area contributed by atoms with Crippen LogP contribution in [-0.4, -0.2) is 44.8 Å². The monoisotopic (exact) mass is 341 g/mol. The lowest BCUT2D eigenvalue weighted by Crippen LogP contribution is -2.46. The molecule has 2 aromatic rings. The normalized spacial score (nSPS) is 16.9. The molecule has 1 aromatic carbocycles. The molecule has 1 aromatic heterocycles. The number of aromatic amines is 1. The Balaban J connectivity index is 1.70. The first-order valence-corrected chi connectivity index (χ1v) is 9.06. The van der Waals surface area contributed by atoms with Crippen LogP contribution in [0.2, 0.25) is 0 Å². The van der Waals surface area contributed by atoms with E-state index in [2.05, 4.69) is 43.1 Å². The number of aryl methyl sites for hydroxylation is 2. The van der Waals surface area contributed by atoms with Gasteiger partial charge < -0.3 is 10.0 Å². The van der Waals surface area contributed by atoms with Gasteiger partial charge in [0.2, 0.25) is 0 Å². The van der Waals surface area contributed by atoms with E-state index in [1.807, 2.05) is 17.0 Å². The summed E-state index contributed by atoms with van der Waals surface area (Å²) in [5.74, 6) is -0.0406. The molecular weight excluding hydrogens is 314 g/mol. The first-order valence-electron chi connectivity index (χ1n) is 9.06. The van der Waals surface area contributed by atoms with Gasteiger partial charge in [0.15, 0.2) is 0 Å². The zero-order chi connectivity index (χ0) is 18.0. The zero-order valence-electron chi connectivity index (χ0n) is 15.3. The van der Waals surface area contributed by atoms with Gasteiger partial charge in [-0.3, -0.25) is 9.89 Å². The maximum absolute atomic E-state index is 12.7. The molecule has 0 unspecified atom stereocenters. The fraction of sp³-hybridized carbons (Fsp3) is 0.500. The lowest BCUT2D eigenvalue weighted by atomic mass is 9.87. The van der Waals surface area contributed by atoms with Gasteiger partial charge in [-0.1, -0.05) is 25.5 Å². The Hall–Kier alpha value is -2.14. The van der Waals surface area contributed by atoms with Crippen molar-refractivity contribution in [2.75, 3.05) is 13.1 Å². The number of piperidine rings is 1. The third kappa shape index (κ3) is 3.76. The molecule has 25 heavy (non-hydrogen) atoms. The summed E-state index contributed by atoms with van der Waals surface area (Å²) in [5.41, 5.74) is 4.14. The third-order valence-corrected chi connectivity index (χ3v) is 5.31. The van der Waals surface area contributed by atoms with E-state index in [1.54, 1.807) is 0 Å². The maximum atomic E-state index is 12.7. The van der Waals surface area contributed by atoms with Gasteiger partial charge in [0.05, 0.1) is 11.3 Å². The average molecular weight is 341 g/mol. The minimum absolute atomic E-state index is 0.0406. The SMILES string of the molecule is CCCC1(O)CCN(C(=O)c2cc(-c3ccc(C)c(C)c3)n[nH]2)CC1. The Morgan fingerprint density at radius 1 is 1.24 bits per heavy atom. The highest BCUT2D eigenvalue weighted by Crippen LogP contribution is 2.28. The summed E-state index contributed by atoms with van der Waals surface area (Å²) in [6, 6.07) is 8.00. The molecule has 0 radical (unpaired) electrons. The molecule has 5 heteroatoms. The van der Waals surface area contributed by atoms with Gasteiger partial charge in [0.1, 0.15) is 5.69 Å². The van der Waals surface area contributed by atoms with E-state index in [0.29, 0.717) is 31.6 Å². The number of rotatable bonds is 4. The maximum Gasteiger partial charge on any atom is 0.271 e. The van der Waals surface area contributed by atoms with E-state index < -0.39 is 5.60 Å². The van der Waals surface area contributed by atoms with E-state index in [4.69, 9.17) is 0 Å². The summed E-state index contributed by atoms with van der Waals surface area (Å²) in [4.78, 5) is 14.5. The molecule has 1 fully saturated rings. The summed E-state index contributed by atoms with van der Waals surface area (Å²) in [7, 11) is 0. The lowest BCUT2D eigenvalue weighted by Gasteiger charge is -2.38. The van der Waals surface area contributed by atoms with Crippen LogP contribution in [-0.2, 0) is 0 Å². The summed E-state index contributed by atoms with van der Waals surface area (Å²) in [6.45, 7) is 7.41. The number of aromatic nitrogens is 2. The van der Waals surface area contributed by atoms with Crippen LogP contribution < -0.4 is 0 Å². The molecule has 1 amide bonds. The quantitative estimate of drug-likeness (QED) is 0.895. The van der Waals surface area contributed by atoms with Crippen LogP contribution in [0.5, 0.6) is 0 Å². The van der Waals surface area contributed by atoms with Crippen molar-refractivity contribution in [3.63, 3.8) is 0 Å². The summed E-state index contributed by atoms with van der Waals surface area (Å²) in [5, 5.41) is 17.7. The van der Waals surface area contributed by atoms with E-state index in [9.17, 15) is 9.90 Å². The number of carbonyl (C=O) groups excluding carboxylic acids is 1. The molecule has 0 aliphatic carbocycles. The summed E-state index contributed by atoms with van der Waals surface area (Å²) in [6.07, 6.45) is 3.05. The molecule has 1 aliphatic rings. The highest BCUT2D eigenvalue weighted by atomic mass is 16.3. The van der Waals surface area contributed by atoms with E-state index in [1.165, 1.54) is 11.1 Å². The number of nitrogens with zero attached hydrogens (tertiary/aromatic N) is 2. The molecule has 0 bridgehead atoms. The molecule has 5 nitrogen and oxygen atoms in total. The highest BCUT2D eigenvalue weighted by molar-refractivity contribution is 5.93. The number of amides is 1. The van der Waals surface area contributed by atoms with Gasteiger partial charge in [-0.25, -0.2) is 0 Å². The highest BCUT2D eigenvalue weighted by Gasteiger charge is 2.33. The predicted octanol–water partition coefficient (Wildman–Crippen LogP) is 3.46. The minimum Gasteiger partial charge on any atom is -0.390 e. The van der Waals surface area contributed by atoms with Gasteiger partial charge in [-0.15, -0.1) is 0 Å². The van der Waals surface area contributed by atoms with Crippen LogP contribution >= 0.6 is 0 Å². The molecule has 1 saturated heterocycles. The average Bonchev–Trinajstić information content (AvgIpc) is 3.07. The van der Waals surface area contributed by atoms with Gasteiger partial charge >= 0.3 is 0 Å². The van der Waals surface area contributed by atoms with Crippen molar-refractivity contribution in [3.05, 3.63) is 41.1 Å². The lowest BCUT2D eigenvalue weighted by molar-refractivity contribution is -0.0234. The van der Waals surface area contributed by atoms with Crippen LogP contribution in [0, 0.1) is 13.8 Å². The molecule has 2 heterocycles. The topological polar surface area (TPSA) is 69.2 Å². The van der Waals surface area contributed by atoms with Crippen LogP contribution in [0.15, 0.2) is 24.3 Å².